The van der Waals surface area contributed by atoms with Gasteiger partial charge in [0, 0.05) is 13.0 Å². The van der Waals surface area contributed by atoms with Crippen LogP contribution in [0.3, 0.4) is 0 Å². The Morgan fingerprint density at radius 2 is 2.00 bits per heavy atom. The lowest BCUT2D eigenvalue weighted by Gasteiger charge is -2.18. The van der Waals surface area contributed by atoms with Crippen molar-refractivity contribution < 1.29 is 19.5 Å². The van der Waals surface area contributed by atoms with Gasteiger partial charge >= 0.3 is 6.09 Å². The highest BCUT2D eigenvalue weighted by Gasteiger charge is 2.27. The van der Waals surface area contributed by atoms with Crippen molar-refractivity contribution in [2.75, 3.05) is 0 Å². The molecule has 0 aromatic heterocycles. The molecular formula is C14H17N3O4. The Bertz CT molecular complexity index is 573. The summed E-state index contributed by atoms with van der Waals surface area (Å²) in [6.45, 7) is 1.84. The fourth-order valence-electron chi connectivity index (χ4n) is 2.21. The number of rotatable bonds is 3. The van der Waals surface area contributed by atoms with Crippen molar-refractivity contribution in [3.05, 3.63) is 35.4 Å². The van der Waals surface area contributed by atoms with Gasteiger partial charge in [-0.1, -0.05) is 24.3 Å². The number of fused-ring (bicyclic) bond motifs is 1. The predicted octanol–water partition coefficient (Wildman–Crippen LogP) is -0.000200. The lowest BCUT2D eigenvalue weighted by molar-refractivity contribution is -0.129. The maximum absolute atomic E-state index is 12.0. The number of carboxylic acid groups (broad SMARTS) is 1. The van der Waals surface area contributed by atoms with Gasteiger partial charge in [0.25, 0.3) is 0 Å². The molecule has 2 atom stereocenters. The maximum atomic E-state index is 12.0. The van der Waals surface area contributed by atoms with Gasteiger partial charge in [-0.25, -0.2) is 4.79 Å². The average Bonchev–Trinajstić information content (AvgIpc) is 2.58. The zero-order valence-corrected chi connectivity index (χ0v) is 11.6. The Labute approximate surface area is 121 Å². The van der Waals surface area contributed by atoms with Crippen LogP contribution < -0.4 is 16.0 Å². The molecule has 3 amide bonds. The van der Waals surface area contributed by atoms with Crippen LogP contribution in [0.5, 0.6) is 0 Å². The molecule has 4 N–H and O–H groups in total. The average molecular weight is 291 g/mol. The Morgan fingerprint density at radius 3 is 2.67 bits per heavy atom. The molecule has 2 rings (SSSR count). The Morgan fingerprint density at radius 1 is 1.33 bits per heavy atom. The second-order valence-corrected chi connectivity index (χ2v) is 4.92. The largest absolute Gasteiger partial charge is 0.465 e. The van der Waals surface area contributed by atoms with E-state index in [-0.39, 0.29) is 5.91 Å². The van der Waals surface area contributed by atoms with Crippen LogP contribution >= 0.6 is 0 Å². The molecule has 0 aliphatic carbocycles. The summed E-state index contributed by atoms with van der Waals surface area (Å²) in [6.07, 6.45) is -0.901. The van der Waals surface area contributed by atoms with Crippen molar-refractivity contribution in [2.24, 2.45) is 0 Å². The minimum atomic E-state index is -1.28. The number of benzene rings is 1. The van der Waals surface area contributed by atoms with E-state index in [1.165, 1.54) is 6.92 Å². The smallest absolute Gasteiger partial charge is 0.405 e. The molecule has 112 valence electrons. The molecule has 0 spiro atoms. The SMILES string of the molecule is CC(NC(=O)O)C(=O)NC1Cc2ccccc2CNC1=O. The summed E-state index contributed by atoms with van der Waals surface area (Å²) in [6, 6.07) is 5.97. The molecule has 1 aromatic rings. The molecule has 1 aliphatic rings. The van der Waals surface area contributed by atoms with Gasteiger partial charge in [-0.15, -0.1) is 0 Å². The third kappa shape index (κ3) is 3.71. The van der Waals surface area contributed by atoms with Gasteiger partial charge in [0.2, 0.25) is 11.8 Å². The molecule has 2 unspecified atom stereocenters. The highest BCUT2D eigenvalue weighted by atomic mass is 16.4. The molecule has 21 heavy (non-hydrogen) atoms. The number of amides is 3. The van der Waals surface area contributed by atoms with Crippen LogP contribution in [0.25, 0.3) is 0 Å². The van der Waals surface area contributed by atoms with Crippen LogP contribution in [0.2, 0.25) is 0 Å². The molecule has 0 saturated carbocycles. The van der Waals surface area contributed by atoms with E-state index in [4.69, 9.17) is 5.11 Å². The van der Waals surface area contributed by atoms with Crippen molar-refractivity contribution in [3.8, 4) is 0 Å². The van der Waals surface area contributed by atoms with Gasteiger partial charge in [-0.05, 0) is 18.1 Å². The van der Waals surface area contributed by atoms with E-state index >= 15 is 0 Å². The normalized spacial score (nSPS) is 18.7. The zero-order valence-electron chi connectivity index (χ0n) is 11.6. The quantitative estimate of drug-likeness (QED) is 0.628. The molecule has 0 fully saturated rings. The first-order chi connectivity index (χ1) is 9.97. The molecule has 7 nitrogen and oxygen atoms in total. The Hall–Kier alpha value is -2.57. The summed E-state index contributed by atoms with van der Waals surface area (Å²) in [5, 5.41) is 16.0. The zero-order chi connectivity index (χ0) is 15.4. The van der Waals surface area contributed by atoms with Crippen molar-refractivity contribution in [1.29, 1.82) is 0 Å². The van der Waals surface area contributed by atoms with E-state index in [9.17, 15) is 14.4 Å². The third-order valence-electron chi connectivity index (χ3n) is 3.36. The summed E-state index contributed by atoms with van der Waals surface area (Å²) in [5.41, 5.74) is 2.00. The lowest BCUT2D eigenvalue weighted by Crippen LogP contribution is -2.52. The number of nitrogens with one attached hydrogen (secondary N) is 3. The van der Waals surface area contributed by atoms with Crippen LogP contribution in [-0.4, -0.2) is 35.1 Å². The van der Waals surface area contributed by atoms with Gasteiger partial charge in [-0.3, -0.25) is 9.59 Å². The van der Waals surface area contributed by atoms with Gasteiger partial charge in [0.15, 0.2) is 0 Å². The van der Waals surface area contributed by atoms with Crippen molar-refractivity contribution in [1.82, 2.24) is 16.0 Å². The first-order valence-corrected chi connectivity index (χ1v) is 6.61. The van der Waals surface area contributed by atoms with Gasteiger partial charge in [-0.2, -0.15) is 0 Å². The molecule has 0 radical (unpaired) electrons. The van der Waals surface area contributed by atoms with Gasteiger partial charge < -0.3 is 21.1 Å². The number of hydrogen-bond acceptors (Lipinski definition) is 3. The van der Waals surface area contributed by atoms with Crippen LogP contribution in [0.1, 0.15) is 18.1 Å². The summed E-state index contributed by atoms with van der Waals surface area (Å²) in [5.74, 6) is -0.806. The van der Waals surface area contributed by atoms with Gasteiger partial charge in [0.1, 0.15) is 12.1 Å². The molecule has 7 heteroatoms. The van der Waals surface area contributed by atoms with Crippen molar-refractivity contribution in [2.45, 2.75) is 32.0 Å². The van der Waals surface area contributed by atoms with Crippen LogP contribution in [0, 0.1) is 0 Å². The van der Waals surface area contributed by atoms with Crippen molar-refractivity contribution in [3.63, 3.8) is 0 Å². The monoisotopic (exact) mass is 291 g/mol. The molecule has 1 heterocycles. The van der Waals surface area contributed by atoms with Crippen LogP contribution in [0.4, 0.5) is 4.79 Å². The van der Waals surface area contributed by atoms with E-state index in [1.54, 1.807) is 0 Å². The summed E-state index contributed by atoms with van der Waals surface area (Å²) in [7, 11) is 0. The number of hydrogen-bond donors (Lipinski definition) is 4. The second-order valence-electron chi connectivity index (χ2n) is 4.92. The fraction of sp³-hybridized carbons (Fsp3) is 0.357. The van der Waals surface area contributed by atoms with Crippen molar-refractivity contribution >= 4 is 17.9 Å². The topological polar surface area (TPSA) is 108 Å². The molecular weight excluding hydrogens is 274 g/mol. The molecule has 0 saturated heterocycles. The summed E-state index contributed by atoms with van der Waals surface area (Å²) >= 11 is 0. The second kappa shape index (κ2) is 6.25. The van der Waals surface area contributed by atoms with E-state index in [0.717, 1.165) is 11.1 Å². The van der Waals surface area contributed by atoms with E-state index in [2.05, 4.69) is 16.0 Å². The minimum Gasteiger partial charge on any atom is -0.465 e. The standard InChI is InChI=1S/C14H17N3O4/c1-8(16-14(20)21)12(18)17-11-6-9-4-2-3-5-10(9)7-15-13(11)19/h2-5,8,11,16H,6-7H2,1H3,(H,15,19)(H,17,18)(H,20,21). The Balaban J connectivity index is 2.07. The van der Waals surface area contributed by atoms with Gasteiger partial charge in [0.05, 0.1) is 0 Å². The van der Waals surface area contributed by atoms with Crippen LogP contribution in [0.15, 0.2) is 24.3 Å². The molecule has 1 aliphatic heterocycles. The first kappa shape index (κ1) is 14.8. The maximum Gasteiger partial charge on any atom is 0.405 e. The Kier molecular flexibility index (Phi) is 4.42. The molecule has 0 bridgehead atoms. The van der Waals surface area contributed by atoms with Crippen LogP contribution in [-0.2, 0) is 22.6 Å². The number of carbonyl (C=O) groups is 3. The molecule has 1 aromatic carbocycles. The highest BCUT2D eigenvalue weighted by Crippen LogP contribution is 2.14. The number of carbonyl (C=O) groups excluding carboxylic acids is 2. The van der Waals surface area contributed by atoms with E-state index in [1.807, 2.05) is 24.3 Å². The fourth-order valence-corrected chi connectivity index (χ4v) is 2.21. The first-order valence-electron chi connectivity index (χ1n) is 6.61. The van der Waals surface area contributed by atoms with E-state index in [0.29, 0.717) is 13.0 Å². The lowest BCUT2D eigenvalue weighted by atomic mass is 10.0. The summed E-state index contributed by atoms with van der Waals surface area (Å²) in [4.78, 5) is 34.4. The minimum absolute atomic E-state index is 0.276. The third-order valence-corrected chi connectivity index (χ3v) is 3.36. The summed E-state index contributed by atoms with van der Waals surface area (Å²) < 4.78 is 0. The predicted molar refractivity (Wildman–Crippen MR) is 74.5 cm³/mol. The van der Waals surface area contributed by atoms with E-state index < -0.39 is 24.1 Å². The highest BCUT2D eigenvalue weighted by molar-refractivity contribution is 5.91.